The number of hydrogen-bond donors (Lipinski definition) is 2. The third-order valence-electron chi connectivity index (χ3n) is 4.84. The predicted octanol–water partition coefficient (Wildman–Crippen LogP) is 3.25. The summed E-state index contributed by atoms with van der Waals surface area (Å²) in [5.41, 5.74) is 0.385. The van der Waals surface area contributed by atoms with Crippen LogP contribution in [0.1, 0.15) is 26.5 Å². The molecule has 4 heterocycles. The molecule has 0 saturated carbocycles. The summed E-state index contributed by atoms with van der Waals surface area (Å²) in [5, 5.41) is 22.6. The number of aromatic carboxylic acids is 1. The minimum atomic E-state index is -1.10. The largest absolute Gasteiger partial charge is 0.478 e. The van der Waals surface area contributed by atoms with E-state index in [2.05, 4.69) is 25.4 Å². The Bertz CT molecular complexity index is 1080. The van der Waals surface area contributed by atoms with Gasteiger partial charge in [0.2, 0.25) is 0 Å². The highest BCUT2D eigenvalue weighted by Gasteiger charge is 2.23. The quantitative estimate of drug-likeness (QED) is 0.599. The van der Waals surface area contributed by atoms with Crippen LogP contribution in [0.5, 0.6) is 0 Å². The van der Waals surface area contributed by atoms with Gasteiger partial charge >= 0.3 is 5.97 Å². The number of rotatable bonds is 5. The first-order valence-corrected chi connectivity index (χ1v) is 10.8. The van der Waals surface area contributed by atoms with Crippen LogP contribution < -0.4 is 15.1 Å². The summed E-state index contributed by atoms with van der Waals surface area (Å²) in [7, 11) is 0. The Hall–Kier alpha value is -3.24. The number of halogens is 1. The van der Waals surface area contributed by atoms with Crippen molar-refractivity contribution in [3.8, 4) is 0 Å². The first kappa shape index (κ1) is 21.0. The van der Waals surface area contributed by atoms with Gasteiger partial charge < -0.3 is 20.2 Å². The number of aromatic nitrogens is 3. The van der Waals surface area contributed by atoms with Crippen LogP contribution in [0.25, 0.3) is 0 Å². The van der Waals surface area contributed by atoms with Gasteiger partial charge in [0.15, 0.2) is 11.0 Å². The van der Waals surface area contributed by atoms with Crippen LogP contribution >= 0.6 is 22.9 Å². The maximum Gasteiger partial charge on any atom is 0.339 e. The number of amides is 1. The second kappa shape index (κ2) is 9.27. The Morgan fingerprint density at radius 2 is 1.90 bits per heavy atom. The van der Waals surface area contributed by atoms with Crippen LogP contribution in [0.4, 0.5) is 17.3 Å². The number of carbonyl (C=O) groups excluding carboxylic acids is 1. The molecule has 3 aromatic rings. The molecule has 1 saturated heterocycles. The summed E-state index contributed by atoms with van der Waals surface area (Å²) < 4.78 is 0. The number of pyridine rings is 1. The maximum atomic E-state index is 12.3. The predicted molar refractivity (Wildman–Crippen MR) is 120 cm³/mol. The normalized spacial score (nSPS) is 14.2. The van der Waals surface area contributed by atoms with E-state index in [1.54, 1.807) is 23.6 Å². The van der Waals surface area contributed by atoms with Crippen LogP contribution in [0.15, 0.2) is 41.9 Å². The van der Waals surface area contributed by atoms with E-state index in [0.29, 0.717) is 41.2 Å². The molecule has 0 radical (unpaired) electrons. The lowest BCUT2D eigenvalue weighted by Gasteiger charge is -2.24. The second-order valence-corrected chi connectivity index (χ2v) is 8.21. The molecule has 9 nitrogen and oxygen atoms in total. The van der Waals surface area contributed by atoms with Crippen molar-refractivity contribution in [2.24, 2.45) is 0 Å². The second-order valence-electron chi connectivity index (χ2n) is 6.87. The topological polar surface area (TPSA) is 112 Å². The van der Waals surface area contributed by atoms with Crippen LogP contribution in [0, 0.1) is 0 Å². The van der Waals surface area contributed by atoms with Gasteiger partial charge in [0, 0.05) is 26.2 Å². The van der Waals surface area contributed by atoms with Crippen molar-refractivity contribution < 1.29 is 14.7 Å². The summed E-state index contributed by atoms with van der Waals surface area (Å²) in [6.07, 6.45) is 2.28. The fourth-order valence-corrected chi connectivity index (χ4v) is 4.09. The van der Waals surface area contributed by atoms with Crippen molar-refractivity contribution in [3.05, 3.63) is 57.5 Å². The van der Waals surface area contributed by atoms with Gasteiger partial charge in [-0.05, 0) is 36.1 Å². The van der Waals surface area contributed by atoms with E-state index >= 15 is 0 Å². The van der Waals surface area contributed by atoms with Crippen LogP contribution in [-0.2, 0) is 0 Å². The lowest BCUT2D eigenvalue weighted by atomic mass is 10.2. The Morgan fingerprint density at radius 1 is 1.10 bits per heavy atom. The molecular weight excluding hydrogens is 440 g/mol. The van der Waals surface area contributed by atoms with Gasteiger partial charge in [-0.3, -0.25) is 4.79 Å². The van der Waals surface area contributed by atoms with E-state index in [9.17, 15) is 14.7 Å². The molecule has 1 fully saturated rings. The summed E-state index contributed by atoms with van der Waals surface area (Å²) in [4.78, 5) is 33.1. The molecule has 3 aromatic heterocycles. The molecule has 1 aliphatic heterocycles. The van der Waals surface area contributed by atoms with E-state index < -0.39 is 5.97 Å². The summed E-state index contributed by atoms with van der Waals surface area (Å²) >= 11 is 7.13. The fourth-order valence-electron chi connectivity index (χ4n) is 3.37. The van der Waals surface area contributed by atoms with Crippen LogP contribution in [0.2, 0.25) is 5.15 Å². The van der Waals surface area contributed by atoms with E-state index in [1.807, 2.05) is 11.0 Å². The average Bonchev–Trinajstić information content (AvgIpc) is 3.20. The van der Waals surface area contributed by atoms with Crippen molar-refractivity contribution in [3.63, 3.8) is 0 Å². The monoisotopic (exact) mass is 458 g/mol. The van der Waals surface area contributed by atoms with Crippen molar-refractivity contribution in [1.82, 2.24) is 15.2 Å². The Labute approximate surface area is 187 Å². The molecule has 0 aliphatic carbocycles. The first-order chi connectivity index (χ1) is 15.0. The highest BCUT2D eigenvalue weighted by Crippen LogP contribution is 2.24. The zero-order valence-corrected chi connectivity index (χ0v) is 17.9. The zero-order valence-electron chi connectivity index (χ0n) is 16.4. The molecule has 31 heavy (non-hydrogen) atoms. The minimum Gasteiger partial charge on any atom is -0.478 e. The Kier molecular flexibility index (Phi) is 6.28. The van der Waals surface area contributed by atoms with E-state index in [-0.39, 0.29) is 11.5 Å². The first-order valence-electron chi connectivity index (χ1n) is 9.58. The molecule has 0 spiro atoms. The minimum absolute atomic E-state index is 0.0451. The van der Waals surface area contributed by atoms with E-state index in [1.165, 1.54) is 23.6 Å². The summed E-state index contributed by atoms with van der Waals surface area (Å²) in [6, 6.07) is 8.44. The molecule has 0 bridgehead atoms. The number of carbonyl (C=O) groups is 2. The average molecular weight is 459 g/mol. The number of anilines is 3. The molecule has 0 atom stereocenters. The fraction of sp³-hybridized carbons (Fsp3) is 0.250. The number of carboxylic acid groups (broad SMARTS) is 1. The van der Waals surface area contributed by atoms with Gasteiger partial charge in [-0.25, -0.2) is 9.78 Å². The molecule has 11 heteroatoms. The lowest BCUT2D eigenvalue weighted by Crippen LogP contribution is -2.32. The number of nitrogens with one attached hydrogen (secondary N) is 1. The van der Waals surface area contributed by atoms with Crippen LogP contribution in [-0.4, -0.2) is 58.3 Å². The van der Waals surface area contributed by atoms with Gasteiger partial charge in [-0.1, -0.05) is 17.7 Å². The molecule has 1 amide bonds. The number of nitrogens with zero attached hydrogens (tertiary/aromatic N) is 5. The van der Waals surface area contributed by atoms with Gasteiger partial charge in [-0.2, -0.15) is 0 Å². The molecule has 160 valence electrons. The zero-order chi connectivity index (χ0) is 21.8. The molecule has 2 N–H and O–H groups in total. The number of thiophene rings is 1. The lowest BCUT2D eigenvalue weighted by molar-refractivity contribution is 0.0696. The van der Waals surface area contributed by atoms with Crippen molar-refractivity contribution in [2.45, 2.75) is 6.42 Å². The Morgan fingerprint density at radius 3 is 2.61 bits per heavy atom. The standard InChI is InChI=1S/C20H19ClN6O3S/c21-16-4-5-17(25-24-16)26-6-2-7-27(9-8-26)18-14(20(29)30)11-13(12-22-18)23-19(28)15-3-1-10-31-15/h1,3-5,10-12H,2,6-9H2,(H,23,28)(H,29,30). The highest BCUT2D eigenvalue weighted by molar-refractivity contribution is 7.12. The van der Waals surface area contributed by atoms with Gasteiger partial charge in [0.1, 0.15) is 11.4 Å². The number of hydrogen-bond acceptors (Lipinski definition) is 8. The van der Waals surface area contributed by atoms with Crippen molar-refractivity contribution >= 4 is 52.1 Å². The molecule has 0 unspecified atom stereocenters. The van der Waals surface area contributed by atoms with Gasteiger partial charge in [-0.15, -0.1) is 21.5 Å². The molecule has 1 aliphatic rings. The van der Waals surface area contributed by atoms with Crippen LogP contribution in [0.3, 0.4) is 0 Å². The summed E-state index contributed by atoms with van der Waals surface area (Å²) in [6.45, 7) is 2.60. The molecule has 0 aromatic carbocycles. The van der Waals surface area contributed by atoms with Gasteiger partial charge in [0.05, 0.1) is 16.8 Å². The maximum absolute atomic E-state index is 12.3. The SMILES string of the molecule is O=C(Nc1cnc(N2CCCN(c3ccc(Cl)nn3)CC2)c(C(=O)O)c1)c1cccs1. The van der Waals surface area contributed by atoms with E-state index in [4.69, 9.17) is 11.6 Å². The Balaban J connectivity index is 1.51. The third kappa shape index (κ3) is 4.92. The smallest absolute Gasteiger partial charge is 0.339 e. The highest BCUT2D eigenvalue weighted by atomic mass is 35.5. The summed E-state index contributed by atoms with van der Waals surface area (Å²) in [5.74, 6) is -0.287. The molecule has 4 rings (SSSR count). The van der Waals surface area contributed by atoms with Crippen molar-refractivity contribution in [1.29, 1.82) is 0 Å². The van der Waals surface area contributed by atoms with E-state index in [0.717, 1.165) is 18.8 Å². The number of carboxylic acids is 1. The van der Waals surface area contributed by atoms with Crippen molar-refractivity contribution in [2.75, 3.05) is 41.3 Å². The molecular formula is C20H19ClN6O3S. The third-order valence-corrected chi connectivity index (χ3v) is 5.91. The van der Waals surface area contributed by atoms with Gasteiger partial charge in [0.25, 0.3) is 5.91 Å².